The predicted octanol–water partition coefficient (Wildman–Crippen LogP) is 0.563. The van der Waals surface area contributed by atoms with Gasteiger partial charge in [0.1, 0.15) is 12.3 Å². The van der Waals surface area contributed by atoms with Crippen LogP contribution in [0.2, 0.25) is 0 Å². The third-order valence-electron chi connectivity index (χ3n) is 1.59. The lowest BCUT2D eigenvalue weighted by molar-refractivity contribution is -0.138. The number of nitrogens with zero attached hydrogens (tertiary/aromatic N) is 1. The minimum Gasteiger partial charge on any atom is -0.417 e. The zero-order chi connectivity index (χ0) is 9.84. The standard InChI is InChI=1S/C8H12N2O3/c1-5(2)6(9)7(11)13-8-10-3-4-12-8/h3-6H,9H2,1-2H3/t6-/m0/s1. The number of esters is 1. The summed E-state index contributed by atoms with van der Waals surface area (Å²) in [6.45, 7) is 3.67. The molecule has 0 saturated carbocycles. The Morgan fingerprint density at radius 3 is 2.85 bits per heavy atom. The van der Waals surface area contributed by atoms with Crippen molar-refractivity contribution in [1.29, 1.82) is 0 Å². The van der Waals surface area contributed by atoms with Crippen LogP contribution in [0.25, 0.3) is 0 Å². The van der Waals surface area contributed by atoms with E-state index < -0.39 is 12.0 Å². The van der Waals surface area contributed by atoms with Crippen molar-refractivity contribution in [2.75, 3.05) is 0 Å². The van der Waals surface area contributed by atoms with Gasteiger partial charge in [-0.25, -0.2) is 4.79 Å². The first-order chi connectivity index (χ1) is 6.11. The molecular formula is C8H12N2O3. The van der Waals surface area contributed by atoms with Crippen molar-refractivity contribution in [3.63, 3.8) is 0 Å². The SMILES string of the molecule is CC(C)[C@H](N)C(=O)Oc1ncco1. The van der Waals surface area contributed by atoms with Gasteiger partial charge in [0.2, 0.25) is 0 Å². The number of hydrogen-bond acceptors (Lipinski definition) is 5. The van der Waals surface area contributed by atoms with Crippen LogP contribution >= 0.6 is 0 Å². The van der Waals surface area contributed by atoms with Gasteiger partial charge in [0.25, 0.3) is 0 Å². The molecule has 0 aliphatic carbocycles. The van der Waals surface area contributed by atoms with Gasteiger partial charge in [-0.3, -0.25) is 0 Å². The first kappa shape index (κ1) is 9.73. The van der Waals surface area contributed by atoms with E-state index in [4.69, 9.17) is 14.9 Å². The highest BCUT2D eigenvalue weighted by Crippen LogP contribution is 2.07. The average Bonchev–Trinajstić information content (AvgIpc) is 2.55. The second-order valence-corrected chi connectivity index (χ2v) is 2.99. The molecule has 1 aromatic rings. The quantitative estimate of drug-likeness (QED) is 0.694. The Balaban J connectivity index is 2.51. The summed E-state index contributed by atoms with van der Waals surface area (Å²) in [5, 5.41) is 0. The molecule has 72 valence electrons. The normalized spacial score (nSPS) is 12.9. The molecule has 1 rings (SSSR count). The topological polar surface area (TPSA) is 78.4 Å². The first-order valence-corrected chi connectivity index (χ1v) is 3.98. The van der Waals surface area contributed by atoms with E-state index in [1.165, 1.54) is 12.5 Å². The predicted molar refractivity (Wildman–Crippen MR) is 45.0 cm³/mol. The van der Waals surface area contributed by atoms with E-state index >= 15 is 0 Å². The summed E-state index contributed by atoms with van der Waals surface area (Å²) in [5.74, 6) is -0.500. The maximum Gasteiger partial charge on any atom is 0.401 e. The van der Waals surface area contributed by atoms with Gasteiger partial charge in [0, 0.05) is 0 Å². The van der Waals surface area contributed by atoms with Gasteiger partial charge in [-0.2, -0.15) is 4.98 Å². The summed E-state index contributed by atoms with van der Waals surface area (Å²) in [5.41, 5.74) is 5.53. The van der Waals surface area contributed by atoms with Gasteiger partial charge in [-0.1, -0.05) is 13.8 Å². The van der Waals surface area contributed by atoms with E-state index in [9.17, 15) is 4.79 Å². The molecule has 1 aromatic heterocycles. The Hall–Kier alpha value is -1.36. The zero-order valence-electron chi connectivity index (χ0n) is 7.56. The molecule has 5 heteroatoms. The number of carbonyl (C=O) groups is 1. The highest BCUT2D eigenvalue weighted by Gasteiger charge is 2.20. The van der Waals surface area contributed by atoms with Crippen LogP contribution in [0.3, 0.4) is 0 Å². The molecule has 0 fully saturated rings. The highest BCUT2D eigenvalue weighted by molar-refractivity contribution is 5.77. The third-order valence-corrected chi connectivity index (χ3v) is 1.59. The summed E-state index contributed by atoms with van der Waals surface area (Å²) < 4.78 is 9.46. The van der Waals surface area contributed by atoms with Crippen LogP contribution in [0.5, 0.6) is 6.08 Å². The van der Waals surface area contributed by atoms with Crippen LogP contribution in [0.4, 0.5) is 0 Å². The molecular weight excluding hydrogens is 172 g/mol. The summed E-state index contributed by atoms with van der Waals surface area (Å²) in [6, 6.07) is -0.646. The lowest BCUT2D eigenvalue weighted by Gasteiger charge is -2.11. The molecule has 0 aromatic carbocycles. The van der Waals surface area contributed by atoms with Crippen molar-refractivity contribution >= 4 is 5.97 Å². The number of carbonyl (C=O) groups excluding carboxylic acids is 1. The fraction of sp³-hybridized carbons (Fsp3) is 0.500. The smallest absolute Gasteiger partial charge is 0.401 e. The molecule has 0 amide bonds. The lowest BCUT2D eigenvalue weighted by Crippen LogP contribution is -2.38. The first-order valence-electron chi connectivity index (χ1n) is 3.98. The Morgan fingerprint density at radius 2 is 2.38 bits per heavy atom. The summed E-state index contributed by atoms with van der Waals surface area (Å²) in [6.07, 6.45) is 2.65. The summed E-state index contributed by atoms with van der Waals surface area (Å²) in [7, 11) is 0. The van der Waals surface area contributed by atoms with Gasteiger partial charge < -0.3 is 14.9 Å². The van der Waals surface area contributed by atoms with Gasteiger partial charge >= 0.3 is 12.0 Å². The number of rotatable bonds is 3. The minimum absolute atomic E-state index is 0.0301. The molecule has 1 heterocycles. The Bertz CT molecular complexity index is 269. The van der Waals surface area contributed by atoms with Crippen molar-refractivity contribution in [3.05, 3.63) is 12.5 Å². The van der Waals surface area contributed by atoms with E-state index in [1.807, 2.05) is 13.8 Å². The van der Waals surface area contributed by atoms with Crippen LogP contribution in [0.1, 0.15) is 13.8 Å². The molecule has 1 atom stereocenters. The average molecular weight is 184 g/mol. The highest BCUT2D eigenvalue weighted by atomic mass is 16.6. The maximum absolute atomic E-state index is 11.2. The monoisotopic (exact) mass is 184 g/mol. The molecule has 0 bridgehead atoms. The zero-order valence-corrected chi connectivity index (χ0v) is 7.56. The minimum atomic E-state index is -0.646. The van der Waals surface area contributed by atoms with Crippen molar-refractivity contribution in [2.45, 2.75) is 19.9 Å². The Labute approximate surface area is 75.9 Å². The molecule has 0 radical (unpaired) electrons. The van der Waals surface area contributed by atoms with Crippen LogP contribution in [0, 0.1) is 5.92 Å². The fourth-order valence-corrected chi connectivity index (χ4v) is 0.687. The second kappa shape index (κ2) is 4.04. The molecule has 5 nitrogen and oxygen atoms in total. The van der Waals surface area contributed by atoms with Crippen molar-refractivity contribution in [1.82, 2.24) is 4.98 Å². The number of ether oxygens (including phenoxy) is 1. The maximum atomic E-state index is 11.2. The Morgan fingerprint density at radius 1 is 1.69 bits per heavy atom. The van der Waals surface area contributed by atoms with Crippen molar-refractivity contribution in [3.8, 4) is 6.08 Å². The molecule has 0 aliphatic heterocycles. The molecule has 0 unspecified atom stereocenters. The molecule has 0 saturated heterocycles. The fourth-order valence-electron chi connectivity index (χ4n) is 0.687. The van der Waals surface area contributed by atoms with Gasteiger partial charge in [0.05, 0.1) is 6.20 Å². The Kier molecular flexibility index (Phi) is 3.02. The van der Waals surface area contributed by atoms with E-state index in [0.29, 0.717) is 0 Å². The van der Waals surface area contributed by atoms with Crippen LogP contribution in [0.15, 0.2) is 16.9 Å². The van der Waals surface area contributed by atoms with Crippen molar-refractivity contribution < 1.29 is 13.9 Å². The van der Waals surface area contributed by atoms with E-state index in [0.717, 1.165) is 0 Å². The van der Waals surface area contributed by atoms with Crippen LogP contribution in [-0.2, 0) is 4.79 Å². The van der Waals surface area contributed by atoms with Crippen LogP contribution < -0.4 is 10.5 Å². The van der Waals surface area contributed by atoms with E-state index in [2.05, 4.69) is 4.98 Å². The molecule has 13 heavy (non-hydrogen) atoms. The molecule has 0 spiro atoms. The van der Waals surface area contributed by atoms with Gasteiger partial charge in [-0.15, -0.1) is 0 Å². The van der Waals surface area contributed by atoms with Crippen LogP contribution in [-0.4, -0.2) is 17.0 Å². The lowest BCUT2D eigenvalue weighted by atomic mass is 10.1. The summed E-state index contributed by atoms with van der Waals surface area (Å²) in [4.78, 5) is 14.8. The molecule has 0 aliphatic rings. The van der Waals surface area contributed by atoms with E-state index in [-0.39, 0.29) is 12.0 Å². The second-order valence-electron chi connectivity index (χ2n) is 2.99. The largest absolute Gasteiger partial charge is 0.417 e. The number of oxazole rings is 1. The van der Waals surface area contributed by atoms with E-state index in [1.54, 1.807) is 0 Å². The van der Waals surface area contributed by atoms with Gasteiger partial charge in [-0.05, 0) is 5.92 Å². The number of nitrogens with two attached hydrogens (primary N) is 1. The number of aromatic nitrogens is 1. The third kappa shape index (κ3) is 2.55. The number of hydrogen-bond donors (Lipinski definition) is 1. The van der Waals surface area contributed by atoms with Gasteiger partial charge in [0.15, 0.2) is 0 Å². The summed E-state index contributed by atoms with van der Waals surface area (Å²) >= 11 is 0. The molecule has 2 N–H and O–H groups in total. The van der Waals surface area contributed by atoms with Crippen molar-refractivity contribution in [2.24, 2.45) is 11.7 Å².